The number of esters is 1. The molecule has 0 aromatic heterocycles. The molecule has 1 fully saturated rings. The summed E-state index contributed by atoms with van der Waals surface area (Å²) < 4.78 is 5.14. The topological polar surface area (TPSA) is 26.3 Å². The molecule has 0 radical (unpaired) electrons. The van der Waals surface area contributed by atoms with Crippen molar-refractivity contribution in [3.05, 3.63) is 0 Å². The molecule has 12 heavy (non-hydrogen) atoms. The Balaban J connectivity index is 2.21. The molecule has 3 heteroatoms. The molecule has 0 N–H and O–H groups in total. The Morgan fingerprint density at radius 1 is 1.33 bits per heavy atom. The summed E-state index contributed by atoms with van der Waals surface area (Å²) in [6.45, 7) is 1.49. The van der Waals surface area contributed by atoms with E-state index in [0.717, 1.165) is 18.1 Å². The quantitative estimate of drug-likeness (QED) is 0.622. The maximum Gasteiger partial charge on any atom is 0.302 e. The van der Waals surface area contributed by atoms with Crippen LogP contribution in [0.15, 0.2) is 0 Å². The second-order valence-electron chi connectivity index (χ2n) is 3.24. The third-order valence-electron chi connectivity index (χ3n) is 2.29. The van der Waals surface area contributed by atoms with Crippen LogP contribution in [0.4, 0.5) is 0 Å². The molecule has 0 aromatic carbocycles. The molecule has 0 spiro atoms. The van der Waals surface area contributed by atoms with Gasteiger partial charge in [0.2, 0.25) is 0 Å². The fraction of sp³-hybridized carbons (Fsp3) is 0.889. The van der Waals surface area contributed by atoms with Crippen molar-refractivity contribution < 1.29 is 9.53 Å². The third kappa shape index (κ3) is 3.05. The van der Waals surface area contributed by atoms with E-state index in [2.05, 4.69) is 6.26 Å². The van der Waals surface area contributed by atoms with Gasteiger partial charge in [-0.3, -0.25) is 4.79 Å². The Hall–Kier alpha value is -0.180. The molecule has 0 bridgehead atoms. The number of thioether (sulfide) groups is 1. The van der Waals surface area contributed by atoms with Crippen molar-refractivity contribution in [1.82, 2.24) is 0 Å². The molecule has 0 aliphatic heterocycles. The number of carbonyl (C=O) groups excluding carboxylic acids is 1. The van der Waals surface area contributed by atoms with Crippen LogP contribution in [0.2, 0.25) is 0 Å². The van der Waals surface area contributed by atoms with Gasteiger partial charge < -0.3 is 4.74 Å². The van der Waals surface area contributed by atoms with Crippen molar-refractivity contribution in [2.24, 2.45) is 0 Å². The van der Waals surface area contributed by atoms with E-state index in [1.54, 1.807) is 0 Å². The maximum atomic E-state index is 10.6. The van der Waals surface area contributed by atoms with Gasteiger partial charge in [-0.15, -0.1) is 0 Å². The van der Waals surface area contributed by atoms with E-state index in [0.29, 0.717) is 0 Å². The zero-order valence-electron chi connectivity index (χ0n) is 7.71. The first-order chi connectivity index (χ1) is 5.72. The Morgan fingerprint density at radius 3 is 2.33 bits per heavy atom. The smallest absolute Gasteiger partial charge is 0.302 e. The van der Waals surface area contributed by atoms with Crippen LogP contribution in [0, 0.1) is 0 Å². The van der Waals surface area contributed by atoms with Crippen LogP contribution in [0.1, 0.15) is 32.6 Å². The van der Waals surface area contributed by atoms with Crippen LogP contribution in [0.25, 0.3) is 0 Å². The van der Waals surface area contributed by atoms with Gasteiger partial charge >= 0.3 is 5.97 Å². The van der Waals surface area contributed by atoms with E-state index in [1.165, 1.54) is 19.8 Å². The monoisotopic (exact) mass is 188 g/mol. The number of hydrogen-bond acceptors (Lipinski definition) is 3. The summed E-state index contributed by atoms with van der Waals surface area (Å²) in [5.41, 5.74) is 0. The molecular weight excluding hydrogens is 172 g/mol. The summed E-state index contributed by atoms with van der Waals surface area (Å²) in [6.07, 6.45) is 6.83. The van der Waals surface area contributed by atoms with Crippen molar-refractivity contribution in [2.45, 2.75) is 44.0 Å². The first-order valence-corrected chi connectivity index (χ1v) is 5.71. The average Bonchev–Trinajstić information content (AvgIpc) is 2.05. The average molecular weight is 188 g/mol. The third-order valence-corrected chi connectivity index (χ3v) is 3.43. The van der Waals surface area contributed by atoms with Crippen molar-refractivity contribution >= 4 is 17.7 Å². The van der Waals surface area contributed by atoms with Crippen LogP contribution < -0.4 is 0 Å². The highest BCUT2D eigenvalue weighted by atomic mass is 32.2. The molecule has 0 atom stereocenters. The lowest BCUT2D eigenvalue weighted by molar-refractivity contribution is -0.147. The second kappa shape index (κ2) is 4.75. The molecule has 70 valence electrons. The summed E-state index contributed by atoms with van der Waals surface area (Å²) in [5, 5.41) is 0.789. The van der Waals surface area contributed by atoms with Crippen LogP contribution in [-0.4, -0.2) is 23.6 Å². The number of rotatable bonds is 2. The summed E-state index contributed by atoms with van der Waals surface area (Å²) in [5.74, 6) is -0.136. The fourth-order valence-electron chi connectivity index (χ4n) is 1.62. The normalized spacial score (nSPS) is 29.8. The summed E-state index contributed by atoms with van der Waals surface area (Å²) in [7, 11) is 0. The molecule has 1 rings (SSSR count). The van der Waals surface area contributed by atoms with Gasteiger partial charge in [0.1, 0.15) is 6.10 Å². The highest BCUT2D eigenvalue weighted by Crippen LogP contribution is 2.28. The summed E-state index contributed by atoms with van der Waals surface area (Å²) in [6, 6.07) is 0. The number of ether oxygens (including phenoxy) is 1. The van der Waals surface area contributed by atoms with Crippen molar-refractivity contribution in [3.63, 3.8) is 0 Å². The second-order valence-corrected chi connectivity index (χ2v) is 4.38. The zero-order valence-corrected chi connectivity index (χ0v) is 8.52. The SMILES string of the molecule is CSC1CCC(OC(C)=O)CC1. The van der Waals surface area contributed by atoms with Gasteiger partial charge in [0.25, 0.3) is 0 Å². The van der Waals surface area contributed by atoms with Crippen LogP contribution in [0.3, 0.4) is 0 Å². The molecule has 0 amide bonds. The van der Waals surface area contributed by atoms with Crippen LogP contribution >= 0.6 is 11.8 Å². The highest BCUT2D eigenvalue weighted by Gasteiger charge is 2.21. The lowest BCUT2D eigenvalue weighted by Crippen LogP contribution is -2.24. The minimum Gasteiger partial charge on any atom is -0.463 e. The summed E-state index contributed by atoms with van der Waals surface area (Å²) in [4.78, 5) is 10.6. The Kier molecular flexibility index (Phi) is 3.92. The lowest BCUT2D eigenvalue weighted by Gasteiger charge is -2.26. The minimum absolute atomic E-state index is 0.136. The maximum absolute atomic E-state index is 10.6. The van der Waals surface area contributed by atoms with E-state index in [-0.39, 0.29) is 12.1 Å². The molecule has 1 aliphatic carbocycles. The number of hydrogen-bond donors (Lipinski definition) is 0. The predicted molar refractivity (Wildman–Crippen MR) is 51.3 cm³/mol. The fourth-order valence-corrected chi connectivity index (χ4v) is 2.36. The van der Waals surface area contributed by atoms with Crippen LogP contribution in [0.5, 0.6) is 0 Å². The van der Waals surface area contributed by atoms with E-state index in [1.807, 2.05) is 11.8 Å². The van der Waals surface area contributed by atoms with Gasteiger partial charge in [0.15, 0.2) is 0 Å². The highest BCUT2D eigenvalue weighted by molar-refractivity contribution is 7.99. The molecule has 1 aliphatic rings. The minimum atomic E-state index is -0.136. The zero-order chi connectivity index (χ0) is 8.97. The Bertz CT molecular complexity index is 151. The van der Waals surface area contributed by atoms with Gasteiger partial charge in [-0.2, -0.15) is 11.8 Å². The molecule has 0 saturated heterocycles. The molecule has 0 aromatic rings. The van der Waals surface area contributed by atoms with Gasteiger partial charge in [0, 0.05) is 12.2 Å². The van der Waals surface area contributed by atoms with Crippen LogP contribution in [-0.2, 0) is 9.53 Å². The lowest BCUT2D eigenvalue weighted by atomic mass is 9.97. The molecular formula is C9H16O2S. The van der Waals surface area contributed by atoms with Gasteiger partial charge in [-0.1, -0.05) is 0 Å². The molecule has 0 heterocycles. The van der Waals surface area contributed by atoms with E-state index in [9.17, 15) is 4.79 Å². The standard InChI is InChI=1S/C9H16O2S/c1-7(10)11-8-3-5-9(12-2)6-4-8/h8-9H,3-6H2,1-2H3. The first-order valence-electron chi connectivity index (χ1n) is 4.42. The van der Waals surface area contributed by atoms with Gasteiger partial charge in [-0.05, 0) is 31.9 Å². The first kappa shape index (κ1) is 9.90. The van der Waals surface area contributed by atoms with Crippen molar-refractivity contribution in [3.8, 4) is 0 Å². The van der Waals surface area contributed by atoms with E-state index in [4.69, 9.17) is 4.74 Å². The largest absolute Gasteiger partial charge is 0.463 e. The van der Waals surface area contributed by atoms with Gasteiger partial charge in [0.05, 0.1) is 0 Å². The summed E-state index contributed by atoms with van der Waals surface area (Å²) >= 11 is 1.93. The van der Waals surface area contributed by atoms with E-state index >= 15 is 0 Å². The number of carbonyl (C=O) groups is 1. The predicted octanol–water partition coefficient (Wildman–Crippen LogP) is 2.22. The Morgan fingerprint density at radius 2 is 1.92 bits per heavy atom. The molecule has 2 nitrogen and oxygen atoms in total. The Labute approximate surface area is 78.1 Å². The van der Waals surface area contributed by atoms with Crippen molar-refractivity contribution in [2.75, 3.05) is 6.26 Å². The van der Waals surface area contributed by atoms with Gasteiger partial charge in [-0.25, -0.2) is 0 Å². The molecule has 1 saturated carbocycles. The molecule has 0 unspecified atom stereocenters. The van der Waals surface area contributed by atoms with Crippen molar-refractivity contribution in [1.29, 1.82) is 0 Å². The van der Waals surface area contributed by atoms with E-state index < -0.39 is 0 Å².